The van der Waals surface area contributed by atoms with Crippen molar-refractivity contribution in [2.75, 3.05) is 25.5 Å². The van der Waals surface area contributed by atoms with Crippen LogP contribution in [-0.4, -0.2) is 56.0 Å². The van der Waals surface area contributed by atoms with Crippen LogP contribution in [0.2, 0.25) is 0 Å². The maximum Gasteiger partial charge on any atom is 0.227 e. The maximum absolute atomic E-state index is 10.3. The molecule has 0 unspecified atom stereocenters. The van der Waals surface area contributed by atoms with Crippen LogP contribution in [0.1, 0.15) is 18.2 Å². The van der Waals surface area contributed by atoms with Gasteiger partial charge in [0.1, 0.15) is 16.8 Å². The minimum atomic E-state index is -0.0148. The highest BCUT2D eigenvalue weighted by Gasteiger charge is 2.10. The molecule has 0 fully saturated rings. The third-order valence-electron chi connectivity index (χ3n) is 4.88. The number of rotatable bonds is 6. The molecule has 10 heteroatoms. The monoisotopic (exact) mass is 487 g/mol. The minimum absolute atomic E-state index is 0.0148. The number of carbonyl (C=O) groups is 1. The second kappa shape index (κ2) is 12.3. The summed E-state index contributed by atoms with van der Waals surface area (Å²) in [6, 6.07) is 15.7. The van der Waals surface area contributed by atoms with Crippen molar-refractivity contribution in [3.8, 4) is 28.0 Å². The molecule has 0 saturated heterocycles. The highest BCUT2D eigenvalue weighted by Crippen LogP contribution is 2.28. The number of nitrogens with one attached hydrogen (secondary N) is 1. The number of likely N-dealkylation sites (N-methyl/N-ethyl adjacent to an activating group) is 1. The summed E-state index contributed by atoms with van der Waals surface area (Å²) in [4.78, 5) is 29.5. The van der Waals surface area contributed by atoms with E-state index < -0.39 is 0 Å². The lowest BCUT2D eigenvalue weighted by Gasteiger charge is -2.11. The molecule has 3 aromatic heterocycles. The number of aliphatic hydroxyl groups is 1. The van der Waals surface area contributed by atoms with Gasteiger partial charge in [-0.05, 0) is 19.1 Å². The SMILES string of the molecule is CC(=O)N(C)CCO.Cc1ncc(C#N)cc1Nc1nccc(-c2csc(-c3ccccc3)n2)n1. The number of carbonyl (C=O) groups excluding carboxylic acids is 1. The molecule has 0 aliphatic rings. The van der Waals surface area contributed by atoms with Gasteiger partial charge >= 0.3 is 0 Å². The number of nitriles is 1. The Morgan fingerprint density at radius 2 is 1.94 bits per heavy atom. The summed E-state index contributed by atoms with van der Waals surface area (Å²) in [5.41, 5.74) is 4.55. The Morgan fingerprint density at radius 3 is 2.60 bits per heavy atom. The second-order valence-corrected chi connectivity index (χ2v) is 8.29. The van der Waals surface area contributed by atoms with Gasteiger partial charge in [0, 0.05) is 43.9 Å². The zero-order chi connectivity index (χ0) is 25.2. The average molecular weight is 488 g/mol. The molecule has 2 N–H and O–H groups in total. The zero-order valence-electron chi connectivity index (χ0n) is 19.6. The average Bonchev–Trinajstić information content (AvgIpc) is 3.37. The molecule has 3 heterocycles. The third-order valence-corrected chi connectivity index (χ3v) is 5.77. The molecule has 178 valence electrons. The van der Waals surface area contributed by atoms with Crippen LogP contribution in [0.4, 0.5) is 11.6 Å². The van der Waals surface area contributed by atoms with E-state index in [1.165, 1.54) is 18.0 Å². The van der Waals surface area contributed by atoms with Crippen molar-refractivity contribution in [1.29, 1.82) is 5.26 Å². The first-order valence-electron chi connectivity index (χ1n) is 10.7. The standard InChI is InChI=1S/C20H14N6S.C5H11NO2/c1-13-17(9-14(10-21)11-23-13)26-20-22-8-7-16(25-20)18-12-27-19(24-18)15-5-3-2-4-6-15;1-5(8)6(2)3-4-7/h2-9,11-12H,1H3,(H,22,25,26);7H,3-4H2,1-2H3. The molecule has 0 radical (unpaired) electrons. The fraction of sp³-hybridized carbons (Fsp3) is 0.200. The van der Waals surface area contributed by atoms with Gasteiger partial charge in [-0.2, -0.15) is 5.26 Å². The van der Waals surface area contributed by atoms with Gasteiger partial charge in [0.15, 0.2) is 0 Å². The predicted octanol–water partition coefficient (Wildman–Crippen LogP) is 4.04. The molecule has 4 aromatic rings. The lowest BCUT2D eigenvalue weighted by atomic mass is 10.2. The number of aromatic nitrogens is 4. The number of benzene rings is 1. The van der Waals surface area contributed by atoms with Gasteiger partial charge in [-0.3, -0.25) is 9.78 Å². The van der Waals surface area contributed by atoms with Gasteiger partial charge in [0.05, 0.1) is 29.2 Å². The Labute approximate surface area is 207 Å². The molecule has 35 heavy (non-hydrogen) atoms. The number of aliphatic hydroxyl groups excluding tert-OH is 1. The summed E-state index contributed by atoms with van der Waals surface area (Å²) in [5, 5.41) is 23.4. The summed E-state index contributed by atoms with van der Waals surface area (Å²) in [5.74, 6) is 0.417. The molecule has 0 saturated carbocycles. The van der Waals surface area contributed by atoms with Crippen LogP contribution in [0.15, 0.2) is 60.2 Å². The topological polar surface area (TPSA) is 128 Å². The van der Waals surface area contributed by atoms with Crippen molar-refractivity contribution >= 4 is 28.9 Å². The first-order valence-corrected chi connectivity index (χ1v) is 11.6. The quantitative estimate of drug-likeness (QED) is 0.417. The maximum atomic E-state index is 10.3. The highest BCUT2D eigenvalue weighted by molar-refractivity contribution is 7.13. The number of thiazole rings is 1. The summed E-state index contributed by atoms with van der Waals surface area (Å²) < 4.78 is 0. The van der Waals surface area contributed by atoms with E-state index >= 15 is 0 Å². The summed E-state index contributed by atoms with van der Waals surface area (Å²) >= 11 is 1.58. The van der Waals surface area contributed by atoms with Crippen LogP contribution >= 0.6 is 11.3 Å². The van der Waals surface area contributed by atoms with E-state index in [0.29, 0.717) is 23.7 Å². The molecule has 0 aliphatic carbocycles. The van der Waals surface area contributed by atoms with E-state index in [2.05, 4.69) is 31.3 Å². The van der Waals surface area contributed by atoms with E-state index in [1.807, 2.05) is 48.7 Å². The number of pyridine rings is 1. The molecule has 0 aliphatic heterocycles. The van der Waals surface area contributed by atoms with E-state index in [-0.39, 0.29) is 12.5 Å². The fourth-order valence-electron chi connectivity index (χ4n) is 2.81. The van der Waals surface area contributed by atoms with Crippen molar-refractivity contribution in [2.45, 2.75) is 13.8 Å². The Balaban J connectivity index is 0.000000371. The first-order chi connectivity index (χ1) is 16.9. The van der Waals surface area contributed by atoms with Gasteiger partial charge in [-0.15, -0.1) is 11.3 Å². The van der Waals surface area contributed by atoms with Crippen molar-refractivity contribution in [1.82, 2.24) is 24.8 Å². The zero-order valence-corrected chi connectivity index (χ0v) is 20.5. The Bertz CT molecular complexity index is 1320. The molecule has 9 nitrogen and oxygen atoms in total. The number of hydrogen-bond acceptors (Lipinski definition) is 9. The predicted molar refractivity (Wildman–Crippen MR) is 136 cm³/mol. The summed E-state index contributed by atoms with van der Waals surface area (Å²) in [7, 11) is 1.65. The minimum Gasteiger partial charge on any atom is -0.395 e. The van der Waals surface area contributed by atoms with Crippen molar-refractivity contribution < 1.29 is 9.90 Å². The van der Waals surface area contributed by atoms with Crippen LogP contribution in [0, 0.1) is 18.3 Å². The Morgan fingerprint density at radius 1 is 1.17 bits per heavy atom. The van der Waals surface area contributed by atoms with Crippen LogP contribution in [0.5, 0.6) is 0 Å². The van der Waals surface area contributed by atoms with Gasteiger partial charge in [-0.1, -0.05) is 30.3 Å². The van der Waals surface area contributed by atoms with Gasteiger partial charge < -0.3 is 15.3 Å². The number of anilines is 2. The molecule has 4 rings (SSSR count). The molecular weight excluding hydrogens is 462 g/mol. The molecule has 0 bridgehead atoms. The lowest BCUT2D eigenvalue weighted by molar-refractivity contribution is -0.127. The molecule has 0 atom stereocenters. The van der Waals surface area contributed by atoms with Crippen LogP contribution in [0.3, 0.4) is 0 Å². The summed E-state index contributed by atoms with van der Waals surface area (Å²) in [6.45, 7) is 3.79. The van der Waals surface area contributed by atoms with Gasteiger partial charge in [0.25, 0.3) is 0 Å². The second-order valence-electron chi connectivity index (χ2n) is 7.43. The van der Waals surface area contributed by atoms with Crippen molar-refractivity contribution in [3.63, 3.8) is 0 Å². The van der Waals surface area contributed by atoms with Crippen LogP contribution in [0.25, 0.3) is 22.0 Å². The van der Waals surface area contributed by atoms with Crippen molar-refractivity contribution in [3.05, 3.63) is 71.5 Å². The van der Waals surface area contributed by atoms with Crippen molar-refractivity contribution in [2.24, 2.45) is 0 Å². The Kier molecular flexibility index (Phi) is 8.95. The third kappa shape index (κ3) is 7.14. The largest absolute Gasteiger partial charge is 0.395 e. The molecule has 1 amide bonds. The van der Waals surface area contributed by atoms with E-state index in [1.54, 1.807) is 30.6 Å². The number of aryl methyl sites for hydroxylation is 1. The summed E-state index contributed by atoms with van der Waals surface area (Å²) in [6.07, 6.45) is 3.22. The smallest absolute Gasteiger partial charge is 0.227 e. The van der Waals surface area contributed by atoms with E-state index in [9.17, 15) is 4.79 Å². The highest BCUT2D eigenvalue weighted by atomic mass is 32.1. The van der Waals surface area contributed by atoms with E-state index in [0.717, 1.165) is 27.7 Å². The number of nitrogens with zero attached hydrogens (tertiary/aromatic N) is 6. The van der Waals surface area contributed by atoms with E-state index in [4.69, 9.17) is 10.4 Å². The fourth-order valence-corrected chi connectivity index (χ4v) is 3.63. The van der Waals surface area contributed by atoms with Gasteiger partial charge in [-0.25, -0.2) is 15.0 Å². The van der Waals surface area contributed by atoms with Crippen LogP contribution < -0.4 is 5.32 Å². The molecular formula is C25H25N7O2S. The number of amides is 1. The normalized spacial score (nSPS) is 10.0. The Hall–Kier alpha value is -4.20. The molecule has 1 aromatic carbocycles. The first kappa shape index (κ1) is 25.4. The number of hydrogen-bond donors (Lipinski definition) is 2. The van der Waals surface area contributed by atoms with Crippen LogP contribution in [-0.2, 0) is 4.79 Å². The molecule has 0 spiro atoms. The van der Waals surface area contributed by atoms with Gasteiger partial charge in [0.2, 0.25) is 11.9 Å². The lowest BCUT2D eigenvalue weighted by Crippen LogP contribution is -2.26.